The van der Waals surface area contributed by atoms with Gasteiger partial charge in [0.1, 0.15) is 11.9 Å². The van der Waals surface area contributed by atoms with Crippen molar-refractivity contribution >= 4 is 28.8 Å². The highest BCUT2D eigenvalue weighted by molar-refractivity contribution is 7.10. The van der Waals surface area contributed by atoms with Crippen molar-refractivity contribution in [3.8, 4) is 0 Å². The Kier molecular flexibility index (Phi) is 7.52. The molecule has 4 rings (SSSR count). The maximum Gasteiger partial charge on any atom is 0.248 e. The lowest BCUT2D eigenvalue weighted by Crippen LogP contribution is -2.49. The second-order valence-corrected chi connectivity index (χ2v) is 9.21. The Morgan fingerprint density at radius 2 is 2.03 bits per heavy atom. The number of thiophene rings is 1. The van der Waals surface area contributed by atoms with Crippen LogP contribution in [0, 0.1) is 12.7 Å². The van der Waals surface area contributed by atoms with E-state index in [9.17, 15) is 14.0 Å². The third kappa shape index (κ3) is 5.67. The van der Waals surface area contributed by atoms with Crippen LogP contribution in [-0.4, -0.2) is 31.1 Å². The number of ether oxygens (including phenoxy) is 1. The van der Waals surface area contributed by atoms with E-state index >= 15 is 0 Å². The van der Waals surface area contributed by atoms with Crippen LogP contribution in [0.2, 0.25) is 0 Å². The zero-order valence-corrected chi connectivity index (χ0v) is 19.3. The van der Waals surface area contributed by atoms with Gasteiger partial charge in [0.05, 0.1) is 19.1 Å². The number of hydrogen-bond acceptors (Lipinski definition) is 4. The minimum atomic E-state index is -0.942. The van der Waals surface area contributed by atoms with E-state index in [4.69, 9.17) is 4.74 Å². The third-order valence-corrected chi connectivity index (χ3v) is 6.63. The van der Waals surface area contributed by atoms with E-state index in [0.29, 0.717) is 24.5 Å². The predicted octanol–water partition coefficient (Wildman–Crippen LogP) is 4.81. The van der Waals surface area contributed by atoms with Crippen molar-refractivity contribution in [1.29, 1.82) is 0 Å². The molecule has 0 aliphatic carbocycles. The van der Waals surface area contributed by atoms with Crippen molar-refractivity contribution in [1.82, 2.24) is 5.32 Å². The van der Waals surface area contributed by atoms with Crippen LogP contribution >= 0.6 is 11.3 Å². The summed E-state index contributed by atoms with van der Waals surface area (Å²) in [5.41, 5.74) is 1.93. The molecule has 1 fully saturated rings. The minimum Gasteiger partial charge on any atom is -0.379 e. The summed E-state index contributed by atoms with van der Waals surface area (Å²) in [5.74, 6) is -1.04. The average Bonchev–Trinajstić information content (AvgIpc) is 3.31. The smallest absolute Gasteiger partial charge is 0.248 e. The number of nitrogens with one attached hydrogen (secondary N) is 1. The number of nitrogens with zero attached hydrogens (tertiary/aromatic N) is 1. The lowest BCUT2D eigenvalue weighted by atomic mass is 9.97. The molecular weight excluding hydrogens is 439 g/mol. The number of halogens is 1. The number of benzene rings is 2. The Labute approximate surface area is 197 Å². The number of hydrogen-bond donors (Lipinski definition) is 1. The highest BCUT2D eigenvalue weighted by atomic mass is 32.1. The molecule has 1 saturated heterocycles. The summed E-state index contributed by atoms with van der Waals surface area (Å²) >= 11 is 1.48. The van der Waals surface area contributed by atoms with Crippen LogP contribution in [0.3, 0.4) is 0 Å². The van der Waals surface area contributed by atoms with Crippen LogP contribution in [-0.2, 0) is 20.7 Å². The van der Waals surface area contributed by atoms with Crippen LogP contribution < -0.4 is 10.2 Å². The second kappa shape index (κ2) is 10.7. The molecule has 5 nitrogen and oxygen atoms in total. The van der Waals surface area contributed by atoms with Gasteiger partial charge in [0.2, 0.25) is 11.8 Å². The van der Waals surface area contributed by atoms with Crippen LogP contribution in [0.1, 0.15) is 34.9 Å². The lowest BCUT2D eigenvalue weighted by molar-refractivity contribution is -0.127. The fraction of sp³-hybridized carbons (Fsp3) is 0.308. The molecule has 172 valence electrons. The van der Waals surface area contributed by atoms with Gasteiger partial charge < -0.3 is 10.1 Å². The Bertz CT molecular complexity index is 1100. The number of aryl methyl sites for hydroxylation is 1. The molecule has 2 amide bonds. The van der Waals surface area contributed by atoms with E-state index in [0.717, 1.165) is 23.3 Å². The molecule has 7 heteroatoms. The fourth-order valence-corrected chi connectivity index (χ4v) is 4.83. The van der Waals surface area contributed by atoms with Gasteiger partial charge in [-0.15, -0.1) is 11.3 Å². The quantitative estimate of drug-likeness (QED) is 0.544. The van der Waals surface area contributed by atoms with Gasteiger partial charge >= 0.3 is 0 Å². The molecule has 1 aliphatic rings. The second-order valence-electron chi connectivity index (χ2n) is 8.18. The Balaban J connectivity index is 1.76. The first-order chi connectivity index (χ1) is 16.0. The summed E-state index contributed by atoms with van der Waals surface area (Å²) in [6.07, 6.45) is 1.80. The highest BCUT2D eigenvalue weighted by Crippen LogP contribution is 2.31. The zero-order chi connectivity index (χ0) is 23.2. The molecule has 1 N–H and O–H groups in total. The highest BCUT2D eigenvalue weighted by Gasteiger charge is 2.35. The Hall–Kier alpha value is -3.03. The Morgan fingerprint density at radius 3 is 2.73 bits per heavy atom. The first-order valence-electron chi connectivity index (χ1n) is 11.1. The first-order valence-corrected chi connectivity index (χ1v) is 11.9. The molecule has 1 aliphatic heterocycles. The zero-order valence-electron chi connectivity index (χ0n) is 18.5. The number of rotatable bonds is 7. The molecule has 3 aromatic rings. The standard InChI is InChI=1S/C26H27FN2O3S/c1-18-7-2-3-12-23(18)25(26(31)28-20-9-5-13-32-17-20)29(21-10-4-8-19(27)15-21)24(30)16-22-11-6-14-33-22/h2-4,6-8,10-12,14-15,20,25H,5,9,13,16-17H2,1H3,(H,28,31). The molecular formula is C26H27FN2O3S. The summed E-state index contributed by atoms with van der Waals surface area (Å²) in [6.45, 7) is 3.03. The van der Waals surface area contributed by atoms with E-state index in [1.54, 1.807) is 12.1 Å². The van der Waals surface area contributed by atoms with Crippen molar-refractivity contribution in [3.05, 3.63) is 87.9 Å². The summed E-state index contributed by atoms with van der Waals surface area (Å²) < 4.78 is 19.8. The SMILES string of the molecule is Cc1ccccc1C(C(=O)NC1CCCOC1)N(C(=O)Cc1cccs1)c1cccc(F)c1. The van der Waals surface area contributed by atoms with E-state index in [2.05, 4.69) is 5.32 Å². The van der Waals surface area contributed by atoms with E-state index < -0.39 is 11.9 Å². The van der Waals surface area contributed by atoms with Gasteiger partial charge in [-0.2, -0.15) is 0 Å². The third-order valence-electron chi connectivity index (χ3n) is 5.76. The van der Waals surface area contributed by atoms with Gasteiger partial charge in [0.15, 0.2) is 0 Å². The van der Waals surface area contributed by atoms with Crippen molar-refractivity contribution in [2.75, 3.05) is 18.1 Å². The fourth-order valence-electron chi connectivity index (χ4n) is 4.14. The maximum atomic E-state index is 14.2. The van der Waals surface area contributed by atoms with Crippen LogP contribution in [0.15, 0.2) is 66.0 Å². The average molecular weight is 467 g/mol. The van der Waals surface area contributed by atoms with Gasteiger partial charge in [0, 0.05) is 17.2 Å². The minimum absolute atomic E-state index is 0.121. The molecule has 33 heavy (non-hydrogen) atoms. The van der Waals surface area contributed by atoms with Crippen LogP contribution in [0.5, 0.6) is 0 Å². The lowest BCUT2D eigenvalue weighted by Gasteiger charge is -2.34. The Morgan fingerprint density at radius 1 is 1.18 bits per heavy atom. The first kappa shape index (κ1) is 23.1. The van der Waals surface area contributed by atoms with Gasteiger partial charge in [-0.1, -0.05) is 36.4 Å². The molecule has 0 spiro atoms. The molecule has 0 bridgehead atoms. The van der Waals surface area contributed by atoms with Crippen LogP contribution in [0.4, 0.5) is 10.1 Å². The largest absolute Gasteiger partial charge is 0.379 e. The van der Waals surface area contributed by atoms with Crippen molar-refractivity contribution < 1.29 is 18.7 Å². The van der Waals surface area contributed by atoms with Gasteiger partial charge in [-0.25, -0.2) is 4.39 Å². The molecule has 2 aromatic carbocycles. The monoisotopic (exact) mass is 466 g/mol. The van der Waals surface area contributed by atoms with Crippen molar-refractivity contribution in [2.24, 2.45) is 0 Å². The van der Waals surface area contributed by atoms with Crippen molar-refractivity contribution in [3.63, 3.8) is 0 Å². The topological polar surface area (TPSA) is 58.6 Å². The van der Waals surface area contributed by atoms with Gasteiger partial charge in [0.25, 0.3) is 0 Å². The summed E-state index contributed by atoms with van der Waals surface area (Å²) in [6, 6.07) is 16.0. The summed E-state index contributed by atoms with van der Waals surface area (Å²) in [7, 11) is 0. The summed E-state index contributed by atoms with van der Waals surface area (Å²) in [5, 5.41) is 4.98. The number of amides is 2. The predicted molar refractivity (Wildman–Crippen MR) is 128 cm³/mol. The van der Waals surface area contributed by atoms with Crippen molar-refractivity contribution in [2.45, 2.75) is 38.3 Å². The molecule has 1 aromatic heterocycles. The van der Waals surface area contributed by atoms with Gasteiger partial charge in [-0.05, 0) is 60.5 Å². The van der Waals surface area contributed by atoms with Gasteiger partial charge in [-0.3, -0.25) is 14.5 Å². The summed E-state index contributed by atoms with van der Waals surface area (Å²) in [4.78, 5) is 29.7. The molecule has 0 radical (unpaired) electrons. The van der Waals surface area contributed by atoms with E-state index in [-0.39, 0.29) is 24.3 Å². The molecule has 2 heterocycles. The molecule has 2 unspecified atom stereocenters. The molecule has 0 saturated carbocycles. The van der Waals surface area contributed by atoms with Crippen LogP contribution in [0.25, 0.3) is 0 Å². The maximum absolute atomic E-state index is 14.2. The number of carbonyl (C=O) groups is 2. The van der Waals surface area contributed by atoms with E-state index in [1.165, 1.54) is 28.4 Å². The van der Waals surface area contributed by atoms with E-state index in [1.807, 2.05) is 48.7 Å². The molecule has 2 atom stereocenters. The number of carbonyl (C=O) groups excluding carboxylic acids is 2. The normalized spacial score (nSPS) is 16.7. The number of anilines is 1.